The van der Waals surface area contributed by atoms with Gasteiger partial charge in [-0.15, -0.1) is 0 Å². The van der Waals surface area contributed by atoms with Gasteiger partial charge in [-0.2, -0.15) is 0 Å². The predicted octanol–water partition coefficient (Wildman–Crippen LogP) is 7.31. The molecule has 3 fully saturated rings. The molecule has 158 valence electrons. The van der Waals surface area contributed by atoms with Crippen LogP contribution in [0.5, 0.6) is 0 Å². The third-order valence-electron chi connectivity index (χ3n) is 9.75. The zero-order valence-electron chi connectivity index (χ0n) is 19.1. The molecule has 4 rings (SSSR count). The van der Waals surface area contributed by atoms with Gasteiger partial charge in [-0.1, -0.05) is 77.2 Å². The van der Waals surface area contributed by atoms with Crippen LogP contribution in [-0.4, -0.2) is 11.2 Å². The second kappa shape index (κ2) is 7.60. The highest BCUT2D eigenvalue weighted by Gasteiger charge is 2.56. The van der Waals surface area contributed by atoms with Crippen LogP contribution in [0.4, 0.5) is 0 Å². The van der Waals surface area contributed by atoms with Gasteiger partial charge in [0.1, 0.15) is 0 Å². The van der Waals surface area contributed by atoms with Crippen LogP contribution in [0.3, 0.4) is 0 Å². The minimum Gasteiger partial charge on any atom is -0.393 e. The average Bonchev–Trinajstić information content (AvgIpc) is 2.99. The molecule has 3 saturated carbocycles. The van der Waals surface area contributed by atoms with E-state index in [1.54, 1.807) is 11.1 Å². The fraction of sp³-hybridized carbons (Fsp3) is 0.852. The minimum absolute atomic E-state index is 0.106. The number of hydrogen-bond donors (Lipinski definition) is 1. The Hall–Kier alpha value is -0.560. The summed E-state index contributed by atoms with van der Waals surface area (Å²) in [6.07, 6.45) is 17.8. The van der Waals surface area contributed by atoms with E-state index in [0.717, 1.165) is 42.4 Å². The van der Waals surface area contributed by atoms with Gasteiger partial charge in [-0.3, -0.25) is 0 Å². The van der Waals surface area contributed by atoms with Crippen molar-refractivity contribution in [1.29, 1.82) is 0 Å². The van der Waals surface area contributed by atoms with Gasteiger partial charge in [0.25, 0.3) is 0 Å². The number of hydrogen-bond acceptors (Lipinski definition) is 1. The van der Waals surface area contributed by atoms with Crippen molar-refractivity contribution in [3.05, 3.63) is 23.3 Å². The Bertz CT molecular complexity index is 643. The van der Waals surface area contributed by atoms with Gasteiger partial charge in [0.05, 0.1) is 6.10 Å². The second-order valence-electron chi connectivity index (χ2n) is 11.8. The van der Waals surface area contributed by atoms with Crippen molar-refractivity contribution in [3.63, 3.8) is 0 Å². The number of rotatable bonds is 5. The maximum Gasteiger partial charge on any atom is 0.0578 e. The normalized spacial score (nSPS) is 43.7. The van der Waals surface area contributed by atoms with Gasteiger partial charge in [0.2, 0.25) is 0 Å². The average molecular weight is 385 g/mol. The molecule has 0 heterocycles. The third-order valence-corrected chi connectivity index (χ3v) is 9.75. The van der Waals surface area contributed by atoms with Crippen LogP contribution < -0.4 is 0 Å². The van der Waals surface area contributed by atoms with Gasteiger partial charge < -0.3 is 5.11 Å². The van der Waals surface area contributed by atoms with E-state index >= 15 is 0 Å². The summed E-state index contributed by atoms with van der Waals surface area (Å²) in [5, 5.41) is 10.2. The molecule has 0 aromatic carbocycles. The molecule has 0 radical (unpaired) electrons. The van der Waals surface area contributed by atoms with E-state index in [4.69, 9.17) is 0 Å². The largest absolute Gasteiger partial charge is 0.393 e. The maximum absolute atomic E-state index is 10.2. The molecular formula is C27H44O. The first-order chi connectivity index (χ1) is 13.3. The van der Waals surface area contributed by atoms with E-state index in [1.165, 1.54) is 51.4 Å². The molecule has 0 saturated heterocycles. The van der Waals surface area contributed by atoms with Crippen molar-refractivity contribution >= 4 is 0 Å². The van der Waals surface area contributed by atoms with Crippen molar-refractivity contribution in [1.82, 2.24) is 0 Å². The SMILES string of the molecule is CC(C)CCCC(C)C1CCC2C3=CC=C4CC(O)CC[C@]4(C)C3CC[C@@]21C. The Morgan fingerprint density at radius 3 is 2.50 bits per heavy atom. The molecule has 5 unspecified atom stereocenters. The molecule has 28 heavy (non-hydrogen) atoms. The van der Waals surface area contributed by atoms with Gasteiger partial charge in [0.15, 0.2) is 0 Å². The standard InChI is InChI=1S/C27H44O/c1-18(2)7-6-8-19(3)23-11-12-24-22-10-9-20-17-21(28)13-15-26(20,4)25(22)14-16-27(23,24)5/h9-10,18-19,21,23-25,28H,6-8,11-17H2,1-5H3/t19?,21?,23?,24?,25?,26-,27+/m0/s1. The highest BCUT2D eigenvalue weighted by Crippen LogP contribution is 2.66. The monoisotopic (exact) mass is 384 g/mol. The molecule has 4 aliphatic rings. The molecule has 0 aromatic rings. The molecular weight excluding hydrogens is 340 g/mol. The zero-order valence-corrected chi connectivity index (χ0v) is 19.1. The highest BCUT2D eigenvalue weighted by molar-refractivity contribution is 5.38. The summed E-state index contributed by atoms with van der Waals surface area (Å²) in [7, 11) is 0. The molecule has 0 spiro atoms. The van der Waals surface area contributed by atoms with Crippen LogP contribution in [0.25, 0.3) is 0 Å². The Kier molecular flexibility index (Phi) is 5.62. The molecule has 7 atom stereocenters. The van der Waals surface area contributed by atoms with Crippen LogP contribution in [0, 0.1) is 40.4 Å². The van der Waals surface area contributed by atoms with E-state index < -0.39 is 0 Å². The van der Waals surface area contributed by atoms with Gasteiger partial charge in [-0.05, 0) is 85.4 Å². The second-order valence-corrected chi connectivity index (χ2v) is 11.8. The topological polar surface area (TPSA) is 20.2 Å². The summed E-state index contributed by atoms with van der Waals surface area (Å²) >= 11 is 0. The summed E-state index contributed by atoms with van der Waals surface area (Å²) in [6, 6.07) is 0. The Labute approximate surface area is 174 Å². The number of allylic oxidation sites excluding steroid dienone is 3. The Morgan fingerprint density at radius 1 is 0.964 bits per heavy atom. The van der Waals surface area contributed by atoms with E-state index in [9.17, 15) is 5.11 Å². The summed E-state index contributed by atoms with van der Waals surface area (Å²) in [6.45, 7) is 12.5. The van der Waals surface area contributed by atoms with Crippen LogP contribution in [0.2, 0.25) is 0 Å². The highest BCUT2D eigenvalue weighted by atomic mass is 16.3. The first-order valence-electron chi connectivity index (χ1n) is 12.3. The summed E-state index contributed by atoms with van der Waals surface area (Å²) < 4.78 is 0. The summed E-state index contributed by atoms with van der Waals surface area (Å²) in [5.41, 5.74) is 4.19. The molecule has 1 heteroatoms. The van der Waals surface area contributed by atoms with Crippen LogP contribution in [-0.2, 0) is 0 Å². The predicted molar refractivity (Wildman–Crippen MR) is 119 cm³/mol. The van der Waals surface area contributed by atoms with Crippen LogP contribution >= 0.6 is 0 Å². The van der Waals surface area contributed by atoms with E-state index in [1.807, 2.05) is 0 Å². The lowest BCUT2D eigenvalue weighted by Crippen LogP contribution is -2.46. The van der Waals surface area contributed by atoms with Crippen LogP contribution in [0.1, 0.15) is 98.8 Å². The van der Waals surface area contributed by atoms with E-state index in [0.29, 0.717) is 10.8 Å². The van der Waals surface area contributed by atoms with Crippen molar-refractivity contribution in [3.8, 4) is 0 Å². The van der Waals surface area contributed by atoms with Crippen LogP contribution in [0.15, 0.2) is 23.3 Å². The molecule has 1 nitrogen and oxygen atoms in total. The molecule has 0 aromatic heterocycles. The quantitative estimate of drug-likeness (QED) is 0.527. The first-order valence-corrected chi connectivity index (χ1v) is 12.3. The Morgan fingerprint density at radius 2 is 1.75 bits per heavy atom. The van der Waals surface area contributed by atoms with Crippen molar-refractivity contribution in [2.24, 2.45) is 40.4 Å². The van der Waals surface area contributed by atoms with Crippen molar-refractivity contribution in [2.45, 2.75) is 105 Å². The first kappa shape index (κ1) is 20.7. The lowest BCUT2D eigenvalue weighted by molar-refractivity contribution is 0.0323. The maximum atomic E-state index is 10.2. The fourth-order valence-corrected chi connectivity index (χ4v) is 8.01. The minimum atomic E-state index is -0.106. The lowest BCUT2D eigenvalue weighted by atomic mass is 9.50. The zero-order chi connectivity index (χ0) is 20.1. The molecule has 1 N–H and O–H groups in total. The summed E-state index contributed by atoms with van der Waals surface area (Å²) in [5.74, 6) is 4.19. The molecule has 0 bridgehead atoms. The number of fused-ring (bicyclic) bond motifs is 5. The van der Waals surface area contributed by atoms with Gasteiger partial charge >= 0.3 is 0 Å². The summed E-state index contributed by atoms with van der Waals surface area (Å²) in [4.78, 5) is 0. The number of aliphatic hydroxyl groups excluding tert-OH is 1. The van der Waals surface area contributed by atoms with Gasteiger partial charge in [0, 0.05) is 0 Å². The molecule has 0 amide bonds. The smallest absolute Gasteiger partial charge is 0.0578 e. The number of aliphatic hydroxyl groups is 1. The molecule has 4 aliphatic carbocycles. The van der Waals surface area contributed by atoms with E-state index in [-0.39, 0.29) is 6.10 Å². The van der Waals surface area contributed by atoms with Gasteiger partial charge in [-0.25, -0.2) is 0 Å². The van der Waals surface area contributed by atoms with E-state index in [2.05, 4.69) is 46.8 Å². The lowest BCUT2D eigenvalue weighted by Gasteiger charge is -2.55. The third kappa shape index (κ3) is 3.34. The Balaban J connectivity index is 1.53. The van der Waals surface area contributed by atoms with Crippen molar-refractivity contribution < 1.29 is 5.11 Å². The molecule has 0 aliphatic heterocycles. The van der Waals surface area contributed by atoms with Crippen molar-refractivity contribution in [2.75, 3.05) is 0 Å². The fourth-order valence-electron chi connectivity index (χ4n) is 8.01.